The van der Waals surface area contributed by atoms with Crippen LogP contribution in [0.25, 0.3) is 22.8 Å². The van der Waals surface area contributed by atoms with Gasteiger partial charge in [-0.1, -0.05) is 5.47 Å². The average molecular weight is 321 g/mol. The van der Waals surface area contributed by atoms with Crippen LogP contribution in [0.1, 0.15) is 22.3 Å². The van der Waals surface area contributed by atoms with Gasteiger partial charge in [-0.2, -0.15) is 0 Å². The second-order valence-electron chi connectivity index (χ2n) is 6.51. The van der Waals surface area contributed by atoms with Gasteiger partial charge in [0.05, 0.1) is 0 Å². The molecule has 4 rings (SSSR count). The Balaban J connectivity index is 2.00. The fourth-order valence-corrected chi connectivity index (χ4v) is 3.60. The van der Waals surface area contributed by atoms with Crippen LogP contribution in [0.2, 0.25) is 0 Å². The van der Waals surface area contributed by atoms with Crippen molar-refractivity contribution in [2.75, 3.05) is 7.05 Å². The van der Waals surface area contributed by atoms with E-state index in [1.807, 2.05) is 26.4 Å². The molecule has 1 aliphatic rings. The Labute approximate surface area is 146 Å². The summed E-state index contributed by atoms with van der Waals surface area (Å²) in [5, 5.41) is 1.85. The first-order valence-electron chi connectivity index (χ1n) is 9.47. The molecule has 120 valence electrons. The molecular weight excluding hydrogens is 297 g/mol. The first-order chi connectivity index (χ1) is 12.7. The fourth-order valence-electron chi connectivity index (χ4n) is 3.60. The van der Waals surface area contributed by atoms with E-state index in [9.17, 15) is 0 Å². The van der Waals surface area contributed by atoms with Gasteiger partial charge in [0.25, 0.3) is 0 Å². The Hall–Kier alpha value is -2.56. The minimum Gasteiger partial charge on any atom is -0.436 e. The molecule has 0 atom stereocenters. The summed E-state index contributed by atoms with van der Waals surface area (Å²) >= 11 is 0. The number of rotatable bonds is 1. The van der Waals surface area contributed by atoms with Crippen molar-refractivity contribution in [3.05, 3.63) is 52.4 Å². The van der Waals surface area contributed by atoms with E-state index in [1.165, 1.54) is 11.2 Å². The number of nitrogens with zero attached hydrogens (tertiary/aromatic N) is 3. The summed E-state index contributed by atoms with van der Waals surface area (Å²) in [6.07, 6.45) is 4.03. The van der Waals surface area contributed by atoms with E-state index in [2.05, 4.69) is 46.5 Å². The molecule has 5 heteroatoms. The van der Waals surface area contributed by atoms with Crippen molar-refractivity contribution in [1.82, 2.24) is 9.79 Å². The van der Waals surface area contributed by atoms with Crippen LogP contribution in [0, 0.1) is 13.8 Å². The molecule has 0 fully saturated rings. The van der Waals surface area contributed by atoms with Crippen molar-refractivity contribution in [3.8, 4) is 0 Å². The van der Waals surface area contributed by atoms with Gasteiger partial charge >= 0.3 is 6.85 Å². The molecule has 0 unspecified atom stereocenters. The summed E-state index contributed by atoms with van der Waals surface area (Å²) in [5.41, 5.74) is 4.67. The molecule has 0 amide bonds. The van der Waals surface area contributed by atoms with E-state index >= 15 is 0 Å². The molecule has 1 aliphatic heterocycles. The molecule has 0 saturated carbocycles. The van der Waals surface area contributed by atoms with Crippen molar-refractivity contribution in [2.24, 2.45) is 7.05 Å². The van der Waals surface area contributed by atoms with Gasteiger partial charge in [-0.05, 0) is 45.4 Å². The van der Waals surface area contributed by atoms with Gasteiger partial charge in [0.1, 0.15) is 7.05 Å². The highest BCUT2D eigenvalue weighted by atomic mass is 16.3. The lowest BCUT2D eigenvalue weighted by molar-refractivity contribution is -0.654. The normalized spacial score (nSPS) is 16.5. The third kappa shape index (κ3) is 2.15. The number of fused-ring (bicyclic) bond motifs is 3. The van der Waals surface area contributed by atoms with Crippen molar-refractivity contribution in [3.63, 3.8) is 0 Å². The summed E-state index contributed by atoms with van der Waals surface area (Å²) in [7, 11) is 4.07. The predicted molar refractivity (Wildman–Crippen MR) is 97.0 cm³/mol. The molecule has 4 nitrogen and oxygen atoms in total. The quantitative estimate of drug-likeness (QED) is 0.485. The van der Waals surface area contributed by atoms with Crippen molar-refractivity contribution in [1.29, 1.82) is 0 Å². The van der Waals surface area contributed by atoms with Crippen LogP contribution in [0.5, 0.6) is 0 Å². The highest BCUT2D eigenvalue weighted by Gasteiger charge is 2.35. The summed E-state index contributed by atoms with van der Waals surface area (Å²) in [6, 6.07) is 7.65. The van der Waals surface area contributed by atoms with Crippen molar-refractivity contribution >= 4 is 35.2 Å². The molecule has 0 aliphatic carbocycles. The van der Waals surface area contributed by atoms with Crippen LogP contribution in [0.15, 0.2) is 34.9 Å². The summed E-state index contributed by atoms with van der Waals surface area (Å²) in [5.74, 6) is 0. The summed E-state index contributed by atoms with van der Waals surface area (Å²) < 4.78 is 30.8. The number of pyridine rings is 2. The predicted octanol–water partition coefficient (Wildman–Crippen LogP) is 0.561. The molecule has 0 aromatic carbocycles. The van der Waals surface area contributed by atoms with Gasteiger partial charge in [-0.15, -0.1) is 0 Å². The van der Waals surface area contributed by atoms with Crippen molar-refractivity contribution < 1.29 is 13.1 Å². The van der Waals surface area contributed by atoms with Crippen LogP contribution >= 0.6 is 0 Å². The minimum absolute atomic E-state index is 0.0498. The first-order valence-corrected chi connectivity index (χ1v) is 7.97. The average Bonchev–Trinajstić information content (AvgIpc) is 2.94. The number of hydrogen-bond donors (Lipinski definition) is 0. The molecule has 24 heavy (non-hydrogen) atoms. The zero-order valence-electron chi connectivity index (χ0n) is 17.3. The number of hydrogen-bond acceptors (Lipinski definition) is 3. The van der Waals surface area contributed by atoms with Gasteiger partial charge < -0.3 is 9.23 Å². The molecule has 3 aromatic heterocycles. The fraction of sp³-hybridized carbons (Fsp3) is 0.263. The maximum absolute atomic E-state index is 7.58. The molecule has 0 saturated heterocycles. The van der Waals surface area contributed by atoms with E-state index in [1.54, 1.807) is 6.07 Å². The Morgan fingerprint density at radius 1 is 1.29 bits per heavy atom. The highest BCUT2D eigenvalue weighted by molar-refractivity contribution is 6.85. The maximum Gasteiger partial charge on any atom is 0.399 e. The molecule has 0 N–H and O–H groups in total. The van der Waals surface area contributed by atoms with E-state index in [0.717, 1.165) is 16.1 Å². The van der Waals surface area contributed by atoms with Gasteiger partial charge in [-0.25, -0.2) is 9.55 Å². The molecule has 3 aromatic rings. The number of furan rings is 1. The van der Waals surface area contributed by atoms with E-state index in [4.69, 9.17) is 8.53 Å². The molecular formula is C19H21BN3O+. The summed E-state index contributed by atoms with van der Waals surface area (Å²) in [6.45, 7) is 2.00. The lowest BCUT2D eigenvalue weighted by Crippen LogP contribution is -2.62. The highest BCUT2D eigenvalue weighted by Crippen LogP contribution is 2.13. The van der Waals surface area contributed by atoms with Gasteiger partial charge in [-0.3, -0.25) is 0 Å². The SMILES string of the molecule is [2H]C([2H])([2H])c1ccc2c3c(oc2n1)=CN(C)B(c1cc(C)cc[n+]1C)C=3C. The van der Waals surface area contributed by atoms with Crippen molar-refractivity contribution in [2.45, 2.75) is 20.7 Å². The Morgan fingerprint density at radius 3 is 2.92 bits per heavy atom. The van der Waals surface area contributed by atoms with Gasteiger partial charge in [0, 0.05) is 38.7 Å². The minimum atomic E-state index is -2.25. The second kappa shape index (κ2) is 5.23. The smallest absolute Gasteiger partial charge is 0.399 e. The van der Waals surface area contributed by atoms with E-state index in [-0.39, 0.29) is 12.5 Å². The van der Waals surface area contributed by atoms with E-state index < -0.39 is 6.85 Å². The van der Waals surface area contributed by atoms with Crippen LogP contribution in [-0.4, -0.2) is 23.7 Å². The molecule has 0 bridgehead atoms. The second-order valence-corrected chi connectivity index (χ2v) is 6.51. The van der Waals surface area contributed by atoms with Crippen LogP contribution in [0.4, 0.5) is 0 Å². The zero-order chi connectivity index (χ0) is 19.5. The molecule has 4 heterocycles. The van der Waals surface area contributed by atoms with Crippen LogP contribution < -0.4 is 20.8 Å². The lowest BCUT2D eigenvalue weighted by Gasteiger charge is -2.24. The topological polar surface area (TPSA) is 33.2 Å². The standard InChI is InChI=1S/C19H21BN3O/c1-12-8-9-22(4)17(10-12)20-14(3)18-15-7-6-13(2)21-19(15)24-16(18)11-23(20)5/h6-11H,1-5H3/q+1/i2D3. The zero-order valence-corrected chi connectivity index (χ0v) is 14.3. The maximum atomic E-state index is 7.58. The Bertz CT molecular complexity index is 1180. The molecule has 0 radical (unpaired) electrons. The van der Waals surface area contributed by atoms with Crippen LogP contribution in [-0.2, 0) is 7.05 Å². The number of aryl methyl sites for hydroxylation is 3. The van der Waals surface area contributed by atoms with Gasteiger partial charge in [0.15, 0.2) is 17.2 Å². The summed E-state index contributed by atoms with van der Waals surface area (Å²) in [4.78, 5) is 6.38. The third-order valence-corrected chi connectivity index (χ3v) is 4.74. The van der Waals surface area contributed by atoms with Gasteiger partial charge in [0.2, 0.25) is 5.71 Å². The largest absolute Gasteiger partial charge is 0.436 e. The molecule has 0 spiro atoms. The Morgan fingerprint density at radius 2 is 2.12 bits per heavy atom. The van der Waals surface area contributed by atoms with E-state index in [0.29, 0.717) is 11.1 Å². The third-order valence-electron chi connectivity index (χ3n) is 4.74. The lowest BCUT2D eigenvalue weighted by atomic mass is 9.50. The van der Waals surface area contributed by atoms with Crippen LogP contribution in [0.3, 0.4) is 0 Å². The monoisotopic (exact) mass is 321 g/mol. The first kappa shape index (κ1) is 11.9. The number of aromatic nitrogens is 2. The Kier molecular flexibility index (Phi) is 2.59.